The van der Waals surface area contributed by atoms with Crippen LogP contribution in [0.1, 0.15) is 5.56 Å². The fraction of sp³-hybridized carbons (Fsp3) is 0.143. The minimum absolute atomic E-state index is 0.0816. The predicted octanol–water partition coefficient (Wildman–Crippen LogP) is 1.28. The van der Waals surface area contributed by atoms with E-state index in [1.807, 2.05) is 24.3 Å². The van der Waals surface area contributed by atoms with Crippen LogP contribution in [0.25, 0.3) is 11.0 Å². The van der Waals surface area contributed by atoms with Gasteiger partial charge in [0.25, 0.3) is 0 Å². The first-order valence-corrected chi connectivity index (χ1v) is 6.24. The van der Waals surface area contributed by atoms with Crippen LogP contribution >= 0.6 is 0 Å². The van der Waals surface area contributed by atoms with Gasteiger partial charge in [-0.1, -0.05) is 0 Å². The minimum Gasteiger partial charge on any atom is -0.339 e. The van der Waals surface area contributed by atoms with E-state index in [0.717, 1.165) is 16.7 Å². The number of benzene rings is 1. The van der Waals surface area contributed by atoms with Crippen molar-refractivity contribution in [2.24, 2.45) is 14.1 Å². The molecule has 1 N–H and O–H groups in total. The van der Waals surface area contributed by atoms with Crippen molar-refractivity contribution in [3.8, 4) is 6.07 Å². The van der Waals surface area contributed by atoms with Crippen LogP contribution in [0, 0.1) is 11.3 Å². The summed E-state index contributed by atoms with van der Waals surface area (Å²) in [6, 6.07) is 7.57. The topological polar surface area (TPSA) is 88.5 Å². The smallest absolute Gasteiger partial charge is 0.328 e. The highest BCUT2D eigenvalue weighted by Gasteiger charge is 2.09. The number of imidazole rings is 1. The third-order valence-corrected chi connectivity index (χ3v) is 3.37. The Morgan fingerprint density at radius 3 is 2.76 bits per heavy atom. The Kier molecular flexibility index (Phi) is 2.92. The zero-order valence-electron chi connectivity index (χ0n) is 11.5. The summed E-state index contributed by atoms with van der Waals surface area (Å²) in [6.07, 6.45) is 2.83. The number of nitrogens with one attached hydrogen (secondary N) is 1. The average Bonchev–Trinajstić information content (AvgIpc) is 2.72. The minimum atomic E-state index is -0.0816. The van der Waals surface area contributed by atoms with E-state index in [-0.39, 0.29) is 5.69 Å². The van der Waals surface area contributed by atoms with Gasteiger partial charge in [-0.3, -0.25) is 9.13 Å². The van der Waals surface area contributed by atoms with E-state index >= 15 is 0 Å². The summed E-state index contributed by atoms with van der Waals surface area (Å²) in [5, 5.41) is 12.1. The summed E-state index contributed by atoms with van der Waals surface area (Å²) >= 11 is 0. The summed E-state index contributed by atoms with van der Waals surface area (Å²) in [6.45, 7) is 0. The third kappa shape index (κ3) is 2.03. The molecule has 0 aliphatic heterocycles. The molecule has 0 bridgehead atoms. The summed E-state index contributed by atoms with van der Waals surface area (Å²) < 4.78 is 3.16. The number of nitrogens with zero attached hydrogens (tertiary/aromatic N) is 5. The first kappa shape index (κ1) is 12.9. The molecule has 2 aromatic heterocycles. The normalized spacial score (nSPS) is 10.5. The van der Waals surface area contributed by atoms with E-state index in [4.69, 9.17) is 5.26 Å². The first-order chi connectivity index (χ1) is 10.1. The summed E-state index contributed by atoms with van der Waals surface area (Å²) in [5.74, 6) is 0.438. The van der Waals surface area contributed by atoms with Gasteiger partial charge in [0.2, 0.25) is 0 Å². The van der Waals surface area contributed by atoms with E-state index < -0.39 is 0 Å². The predicted molar refractivity (Wildman–Crippen MR) is 78.2 cm³/mol. The Morgan fingerprint density at radius 2 is 2.00 bits per heavy atom. The molecule has 0 saturated heterocycles. The Balaban J connectivity index is 2.09. The SMILES string of the molecule is Cn1c(=O)n(C)c2cc(Nc3ncncc3C#N)ccc21. The Morgan fingerprint density at radius 1 is 1.24 bits per heavy atom. The molecule has 0 spiro atoms. The summed E-state index contributed by atoms with van der Waals surface area (Å²) in [7, 11) is 3.45. The van der Waals surface area contributed by atoms with Gasteiger partial charge in [0.15, 0.2) is 5.82 Å². The van der Waals surface area contributed by atoms with Gasteiger partial charge in [-0.05, 0) is 18.2 Å². The highest BCUT2D eigenvalue weighted by molar-refractivity contribution is 5.81. The molecule has 0 unspecified atom stereocenters. The Hall–Kier alpha value is -3.14. The second-order valence-corrected chi connectivity index (χ2v) is 4.63. The van der Waals surface area contributed by atoms with Crippen LogP contribution < -0.4 is 11.0 Å². The molecule has 0 radical (unpaired) electrons. The highest BCUT2D eigenvalue weighted by Crippen LogP contribution is 2.21. The van der Waals surface area contributed by atoms with Crippen LogP contribution in [0.15, 0.2) is 35.5 Å². The first-order valence-electron chi connectivity index (χ1n) is 6.24. The number of hydrogen-bond acceptors (Lipinski definition) is 5. The number of rotatable bonds is 2. The van der Waals surface area contributed by atoms with Crippen molar-refractivity contribution in [1.82, 2.24) is 19.1 Å². The van der Waals surface area contributed by atoms with Crippen molar-refractivity contribution in [1.29, 1.82) is 5.26 Å². The molecule has 2 heterocycles. The standard InChI is InChI=1S/C14H12N6O/c1-19-11-4-3-10(5-12(11)20(2)14(19)21)18-13-9(6-15)7-16-8-17-13/h3-5,7-8H,1-2H3,(H,16,17,18). The Bertz CT molecular complexity index is 931. The lowest BCUT2D eigenvalue weighted by Gasteiger charge is -2.07. The van der Waals surface area contributed by atoms with Crippen LogP contribution in [-0.2, 0) is 14.1 Å². The fourth-order valence-electron chi connectivity index (χ4n) is 2.23. The molecule has 0 amide bonds. The average molecular weight is 280 g/mol. The van der Waals surface area contributed by atoms with Gasteiger partial charge in [-0.2, -0.15) is 5.26 Å². The van der Waals surface area contributed by atoms with Crippen molar-refractivity contribution in [3.63, 3.8) is 0 Å². The molecule has 0 saturated carbocycles. The van der Waals surface area contributed by atoms with E-state index in [1.165, 1.54) is 12.5 Å². The van der Waals surface area contributed by atoms with Crippen molar-refractivity contribution in [2.45, 2.75) is 0 Å². The lowest BCUT2D eigenvalue weighted by molar-refractivity contribution is 0.795. The highest BCUT2D eigenvalue weighted by atomic mass is 16.1. The fourth-order valence-corrected chi connectivity index (χ4v) is 2.23. The lowest BCUT2D eigenvalue weighted by atomic mass is 10.2. The van der Waals surface area contributed by atoms with Crippen LogP contribution in [0.4, 0.5) is 11.5 Å². The van der Waals surface area contributed by atoms with Gasteiger partial charge in [0.1, 0.15) is 18.0 Å². The molecular weight excluding hydrogens is 268 g/mol. The maximum Gasteiger partial charge on any atom is 0.328 e. The second-order valence-electron chi connectivity index (χ2n) is 4.63. The second kappa shape index (κ2) is 4.76. The zero-order chi connectivity index (χ0) is 15.0. The van der Waals surface area contributed by atoms with Crippen molar-refractivity contribution in [2.75, 3.05) is 5.32 Å². The molecule has 0 fully saturated rings. The van der Waals surface area contributed by atoms with Gasteiger partial charge in [-0.15, -0.1) is 0 Å². The zero-order valence-corrected chi connectivity index (χ0v) is 11.5. The number of fused-ring (bicyclic) bond motifs is 1. The molecule has 7 nitrogen and oxygen atoms in total. The van der Waals surface area contributed by atoms with E-state index in [1.54, 1.807) is 23.2 Å². The number of anilines is 2. The van der Waals surface area contributed by atoms with Crippen LogP contribution in [0.5, 0.6) is 0 Å². The number of nitriles is 1. The summed E-state index contributed by atoms with van der Waals surface area (Å²) in [4.78, 5) is 19.8. The van der Waals surface area contributed by atoms with Crippen LogP contribution in [0.3, 0.4) is 0 Å². The molecular formula is C14H12N6O. The number of hydrogen-bond donors (Lipinski definition) is 1. The van der Waals surface area contributed by atoms with Gasteiger partial charge >= 0.3 is 5.69 Å². The van der Waals surface area contributed by atoms with Crippen molar-refractivity contribution < 1.29 is 0 Å². The largest absolute Gasteiger partial charge is 0.339 e. The molecule has 104 valence electrons. The number of aromatic nitrogens is 4. The van der Waals surface area contributed by atoms with Crippen molar-refractivity contribution in [3.05, 3.63) is 46.8 Å². The van der Waals surface area contributed by atoms with Gasteiger partial charge in [0, 0.05) is 19.8 Å². The molecule has 1 aromatic carbocycles. The van der Waals surface area contributed by atoms with Crippen LogP contribution in [-0.4, -0.2) is 19.1 Å². The third-order valence-electron chi connectivity index (χ3n) is 3.37. The van der Waals surface area contributed by atoms with Crippen LogP contribution in [0.2, 0.25) is 0 Å². The maximum absolute atomic E-state index is 11.9. The quantitative estimate of drug-likeness (QED) is 0.764. The van der Waals surface area contributed by atoms with Gasteiger partial charge in [-0.25, -0.2) is 14.8 Å². The lowest BCUT2D eigenvalue weighted by Crippen LogP contribution is -2.19. The molecule has 3 aromatic rings. The maximum atomic E-state index is 11.9. The number of aryl methyl sites for hydroxylation is 2. The van der Waals surface area contributed by atoms with E-state index in [0.29, 0.717) is 11.4 Å². The molecule has 3 rings (SSSR count). The molecule has 0 aliphatic carbocycles. The van der Waals surface area contributed by atoms with E-state index in [2.05, 4.69) is 15.3 Å². The van der Waals surface area contributed by atoms with E-state index in [9.17, 15) is 4.79 Å². The van der Waals surface area contributed by atoms with Crippen molar-refractivity contribution >= 4 is 22.5 Å². The Labute approximate surface area is 120 Å². The summed E-state index contributed by atoms with van der Waals surface area (Å²) in [5.41, 5.74) is 2.68. The monoisotopic (exact) mass is 280 g/mol. The molecule has 21 heavy (non-hydrogen) atoms. The molecule has 0 atom stereocenters. The van der Waals surface area contributed by atoms with Gasteiger partial charge in [0.05, 0.1) is 17.2 Å². The van der Waals surface area contributed by atoms with Gasteiger partial charge < -0.3 is 5.32 Å². The molecule has 0 aliphatic rings. The molecule has 7 heteroatoms.